The van der Waals surface area contributed by atoms with Gasteiger partial charge >= 0.3 is 0 Å². The van der Waals surface area contributed by atoms with Gasteiger partial charge in [-0.2, -0.15) is 0 Å². The van der Waals surface area contributed by atoms with Crippen molar-refractivity contribution in [1.29, 1.82) is 0 Å². The fraction of sp³-hybridized carbons (Fsp3) is 0.778. The quantitative estimate of drug-likeness (QED) is 0.672. The Morgan fingerprint density at radius 2 is 1.82 bits per heavy atom. The van der Waals surface area contributed by atoms with Gasteiger partial charge in [0.15, 0.2) is 0 Å². The maximum absolute atomic E-state index is 12.8. The Balaban J connectivity index is 4.13. The third-order valence-electron chi connectivity index (χ3n) is 2.37. The van der Waals surface area contributed by atoms with Gasteiger partial charge in [-0.3, -0.25) is 0 Å². The van der Waals surface area contributed by atoms with Gasteiger partial charge in [-0.05, 0) is 19.8 Å². The van der Waals surface area contributed by atoms with E-state index in [2.05, 4.69) is 0 Å². The van der Waals surface area contributed by atoms with Crippen LogP contribution in [0.2, 0.25) is 0 Å². The second-order valence-electron chi connectivity index (χ2n) is 3.11. The summed E-state index contributed by atoms with van der Waals surface area (Å²) < 4.78 is 12.8. The number of halogens is 1. The van der Waals surface area contributed by atoms with Crippen LogP contribution in [0.5, 0.6) is 0 Å². The molecule has 2 N–H and O–H groups in total. The van der Waals surface area contributed by atoms with Gasteiger partial charge in [-0.25, -0.2) is 4.39 Å². The minimum Gasteiger partial charge on any atom is -0.402 e. The molecule has 0 aliphatic rings. The predicted octanol–water partition coefficient (Wildman–Crippen LogP) is 2.48. The van der Waals surface area contributed by atoms with Crippen LogP contribution in [-0.4, -0.2) is 6.17 Å². The minimum atomic E-state index is -0.788. The summed E-state index contributed by atoms with van der Waals surface area (Å²) in [5.74, 6) is 0.145. The van der Waals surface area contributed by atoms with Crippen LogP contribution in [0.15, 0.2) is 11.8 Å². The molecule has 0 aromatic rings. The summed E-state index contributed by atoms with van der Waals surface area (Å²) in [6.07, 6.45) is 1.05. The molecule has 0 saturated carbocycles. The molecule has 0 fully saturated rings. The molecule has 0 aliphatic heterocycles. The van der Waals surface area contributed by atoms with Crippen molar-refractivity contribution in [1.82, 2.24) is 0 Å². The monoisotopic (exact) mass is 159 g/mol. The molecule has 3 atom stereocenters. The van der Waals surface area contributed by atoms with Gasteiger partial charge in [0, 0.05) is 11.6 Å². The summed E-state index contributed by atoms with van der Waals surface area (Å²) in [6.45, 7) is 7.29. The highest BCUT2D eigenvalue weighted by atomic mass is 19.1. The molecule has 11 heavy (non-hydrogen) atoms. The van der Waals surface area contributed by atoms with E-state index in [9.17, 15) is 4.39 Å². The number of alkyl halides is 1. The van der Waals surface area contributed by atoms with E-state index in [0.29, 0.717) is 0 Å². The van der Waals surface area contributed by atoms with E-state index in [1.54, 1.807) is 6.92 Å². The summed E-state index contributed by atoms with van der Waals surface area (Å²) in [7, 11) is 0. The highest BCUT2D eigenvalue weighted by molar-refractivity contribution is 5.00. The fourth-order valence-electron chi connectivity index (χ4n) is 0.964. The maximum Gasteiger partial charge on any atom is 0.100 e. The smallest absolute Gasteiger partial charge is 0.100 e. The largest absolute Gasteiger partial charge is 0.402 e. The molecule has 0 saturated heterocycles. The van der Waals surface area contributed by atoms with E-state index in [1.807, 2.05) is 26.8 Å². The number of allylic oxidation sites excluding steroid dienone is 2. The van der Waals surface area contributed by atoms with E-state index >= 15 is 0 Å². The van der Waals surface area contributed by atoms with Gasteiger partial charge in [0.05, 0.1) is 0 Å². The van der Waals surface area contributed by atoms with Gasteiger partial charge in [0.2, 0.25) is 0 Å². The molecule has 0 spiro atoms. The highest BCUT2D eigenvalue weighted by Crippen LogP contribution is 2.21. The van der Waals surface area contributed by atoms with Crippen LogP contribution < -0.4 is 5.73 Å². The van der Waals surface area contributed by atoms with Crippen molar-refractivity contribution < 1.29 is 4.39 Å². The Kier molecular flexibility index (Phi) is 4.16. The van der Waals surface area contributed by atoms with Crippen LogP contribution in [0.1, 0.15) is 27.7 Å². The van der Waals surface area contributed by atoms with E-state index in [0.717, 1.165) is 5.70 Å². The third kappa shape index (κ3) is 2.91. The van der Waals surface area contributed by atoms with Crippen molar-refractivity contribution in [3.8, 4) is 0 Å². The zero-order valence-electron chi connectivity index (χ0n) is 7.76. The van der Waals surface area contributed by atoms with Gasteiger partial charge in [-0.15, -0.1) is 0 Å². The molecule has 0 bridgehead atoms. The van der Waals surface area contributed by atoms with Crippen LogP contribution >= 0.6 is 0 Å². The van der Waals surface area contributed by atoms with Gasteiger partial charge in [0.1, 0.15) is 6.17 Å². The second-order valence-corrected chi connectivity index (χ2v) is 3.11. The number of rotatable bonds is 3. The first-order valence-corrected chi connectivity index (χ1v) is 4.06. The number of hydrogen-bond acceptors (Lipinski definition) is 1. The number of nitrogens with two attached hydrogens (primary N) is 1. The third-order valence-corrected chi connectivity index (χ3v) is 2.37. The molecule has 66 valence electrons. The molecule has 0 aliphatic carbocycles. The Labute approximate surface area is 68.5 Å². The summed E-state index contributed by atoms with van der Waals surface area (Å²) >= 11 is 0. The van der Waals surface area contributed by atoms with E-state index in [4.69, 9.17) is 5.73 Å². The van der Waals surface area contributed by atoms with Crippen molar-refractivity contribution in [2.75, 3.05) is 0 Å². The van der Waals surface area contributed by atoms with Crippen molar-refractivity contribution in [3.63, 3.8) is 0 Å². The van der Waals surface area contributed by atoms with E-state index in [-0.39, 0.29) is 11.8 Å². The molecule has 1 nitrogen and oxygen atoms in total. The van der Waals surface area contributed by atoms with Gasteiger partial charge in [-0.1, -0.05) is 19.9 Å². The summed E-state index contributed by atoms with van der Waals surface area (Å²) in [5, 5.41) is 0. The van der Waals surface area contributed by atoms with Crippen molar-refractivity contribution in [3.05, 3.63) is 11.8 Å². The average Bonchev–Trinajstić information content (AvgIpc) is 2.00. The SMILES string of the molecule is C/C=C(/N)C(C)[C@@H](C)[C@@H](C)F. The van der Waals surface area contributed by atoms with Crippen LogP contribution in [0.4, 0.5) is 4.39 Å². The van der Waals surface area contributed by atoms with Crippen LogP contribution in [0.3, 0.4) is 0 Å². The molecular weight excluding hydrogens is 141 g/mol. The standard InChI is InChI=1S/C9H18FN/c1-5-9(11)7(3)6(2)8(4)10/h5-8H,11H2,1-4H3/b9-5+/t6-,7?,8-/m1/s1. The molecule has 1 unspecified atom stereocenters. The van der Waals surface area contributed by atoms with Crippen molar-refractivity contribution in [2.45, 2.75) is 33.9 Å². The molecule has 0 amide bonds. The normalized spacial score (nSPS) is 21.0. The molecular formula is C9H18FN. The van der Waals surface area contributed by atoms with E-state index < -0.39 is 6.17 Å². The molecule has 0 rings (SSSR count). The maximum atomic E-state index is 12.8. The summed E-state index contributed by atoms with van der Waals surface area (Å²) in [6, 6.07) is 0. The van der Waals surface area contributed by atoms with Crippen LogP contribution in [0, 0.1) is 11.8 Å². The number of hydrogen-bond donors (Lipinski definition) is 1. The minimum absolute atomic E-state index is 0.00574. The van der Waals surface area contributed by atoms with Gasteiger partial charge < -0.3 is 5.73 Å². The predicted molar refractivity (Wildman–Crippen MR) is 46.8 cm³/mol. The summed E-state index contributed by atoms with van der Waals surface area (Å²) in [4.78, 5) is 0. The molecule has 0 heterocycles. The first-order valence-electron chi connectivity index (χ1n) is 4.06. The molecule has 2 heteroatoms. The van der Waals surface area contributed by atoms with Crippen LogP contribution in [0.25, 0.3) is 0 Å². The van der Waals surface area contributed by atoms with Crippen molar-refractivity contribution >= 4 is 0 Å². The first kappa shape index (κ1) is 10.5. The zero-order chi connectivity index (χ0) is 9.02. The Morgan fingerprint density at radius 3 is 2.09 bits per heavy atom. The van der Waals surface area contributed by atoms with E-state index in [1.165, 1.54) is 0 Å². The zero-order valence-corrected chi connectivity index (χ0v) is 7.76. The Hall–Kier alpha value is -0.530. The van der Waals surface area contributed by atoms with Gasteiger partial charge in [0.25, 0.3) is 0 Å². The molecule has 0 aromatic heterocycles. The van der Waals surface area contributed by atoms with Crippen molar-refractivity contribution in [2.24, 2.45) is 17.6 Å². The molecule has 0 radical (unpaired) electrons. The highest BCUT2D eigenvalue weighted by Gasteiger charge is 2.19. The van der Waals surface area contributed by atoms with Crippen LogP contribution in [-0.2, 0) is 0 Å². The first-order chi connectivity index (χ1) is 5.00. The fourth-order valence-corrected chi connectivity index (χ4v) is 0.964. The lowest BCUT2D eigenvalue weighted by Gasteiger charge is -2.21. The lowest BCUT2D eigenvalue weighted by Crippen LogP contribution is -2.22. The topological polar surface area (TPSA) is 26.0 Å². The Morgan fingerprint density at radius 1 is 1.36 bits per heavy atom. The lowest BCUT2D eigenvalue weighted by atomic mass is 9.90. The Bertz CT molecular complexity index is 140. The summed E-state index contributed by atoms with van der Waals surface area (Å²) in [5.41, 5.74) is 6.43. The second kappa shape index (κ2) is 4.37. The molecule has 0 aromatic carbocycles. The average molecular weight is 159 g/mol. The lowest BCUT2D eigenvalue weighted by molar-refractivity contribution is 0.221.